The molecule has 2 N–H and O–H groups in total. The van der Waals surface area contributed by atoms with E-state index in [0.717, 1.165) is 25.7 Å². The highest BCUT2D eigenvalue weighted by Crippen LogP contribution is 2.75. The van der Waals surface area contributed by atoms with E-state index in [0.29, 0.717) is 29.1 Å². The third-order valence-corrected chi connectivity index (χ3v) is 13.2. The molecule has 5 aliphatic carbocycles. The van der Waals surface area contributed by atoms with Crippen LogP contribution in [0.3, 0.4) is 0 Å². The number of hydrogen-bond donors (Lipinski definition) is 2. The summed E-state index contributed by atoms with van der Waals surface area (Å²) in [6.07, 6.45) is 13.2. The minimum atomic E-state index is -1.03. The van der Waals surface area contributed by atoms with Crippen molar-refractivity contribution >= 4 is 5.97 Å². The van der Waals surface area contributed by atoms with E-state index in [1.807, 2.05) is 6.92 Å². The normalized spacial score (nSPS) is 55.3. The molecule has 4 saturated carbocycles. The highest BCUT2D eigenvalue weighted by atomic mass is 16.4. The summed E-state index contributed by atoms with van der Waals surface area (Å²) in [7, 11) is 0. The Bertz CT molecular complexity index is 889. The van der Waals surface area contributed by atoms with Crippen molar-refractivity contribution in [1.29, 1.82) is 0 Å². The van der Waals surface area contributed by atoms with Gasteiger partial charge >= 0.3 is 5.97 Å². The van der Waals surface area contributed by atoms with E-state index in [1.54, 1.807) is 5.57 Å². The van der Waals surface area contributed by atoms with Gasteiger partial charge in [0.25, 0.3) is 0 Å². The lowest BCUT2D eigenvalue weighted by molar-refractivity contribution is -0.216. The maximum absolute atomic E-state index is 12.5. The Kier molecular flexibility index (Phi) is 4.99. The summed E-state index contributed by atoms with van der Waals surface area (Å²) in [6.45, 7) is 16.9. The number of hydrogen-bond acceptors (Lipinski definition) is 2. The molecule has 9 atom stereocenters. The predicted octanol–water partition coefficient (Wildman–Crippen LogP) is 7.23. The molecular weight excluding hydrogens is 408 g/mol. The topological polar surface area (TPSA) is 57.5 Å². The first-order valence-corrected chi connectivity index (χ1v) is 13.8. The molecule has 0 aromatic rings. The number of carboxylic acid groups (broad SMARTS) is 1. The highest BCUT2D eigenvalue weighted by molar-refractivity contribution is 5.76. The third kappa shape index (κ3) is 2.87. The van der Waals surface area contributed by atoms with Crippen LogP contribution in [0.4, 0.5) is 0 Å². The average Bonchev–Trinajstić information content (AvgIpc) is 2.72. The number of rotatable bonds is 1. The summed E-state index contributed by atoms with van der Waals surface area (Å²) in [5.74, 6) is 0.432. The van der Waals surface area contributed by atoms with Crippen molar-refractivity contribution in [3.05, 3.63) is 11.6 Å². The third-order valence-electron chi connectivity index (χ3n) is 13.2. The molecule has 0 radical (unpaired) electrons. The highest BCUT2D eigenvalue weighted by Gasteiger charge is 2.69. The second-order valence-corrected chi connectivity index (χ2v) is 15.0. The van der Waals surface area contributed by atoms with Crippen molar-refractivity contribution in [3.63, 3.8) is 0 Å². The van der Waals surface area contributed by atoms with Crippen molar-refractivity contribution < 1.29 is 15.0 Å². The van der Waals surface area contributed by atoms with Crippen LogP contribution in [-0.2, 0) is 4.79 Å². The van der Waals surface area contributed by atoms with Gasteiger partial charge in [-0.15, -0.1) is 0 Å². The summed E-state index contributed by atoms with van der Waals surface area (Å²) in [4.78, 5) is 12.5. The van der Waals surface area contributed by atoms with Crippen LogP contribution in [0.25, 0.3) is 0 Å². The van der Waals surface area contributed by atoms with Gasteiger partial charge in [-0.2, -0.15) is 0 Å². The quantitative estimate of drug-likeness (QED) is 0.409. The zero-order valence-corrected chi connectivity index (χ0v) is 22.3. The maximum atomic E-state index is 12.5. The molecule has 4 fully saturated rings. The number of allylic oxidation sites excluding steroid dienone is 2. The van der Waals surface area contributed by atoms with Gasteiger partial charge in [0.1, 0.15) is 0 Å². The molecule has 0 heterocycles. The lowest BCUT2D eigenvalue weighted by Gasteiger charge is -2.71. The Balaban J connectivity index is 1.58. The smallest absolute Gasteiger partial charge is 0.312 e. The number of aliphatic carboxylic acids is 1. The Morgan fingerprint density at radius 2 is 1.55 bits per heavy atom. The molecular formula is C30H48O3. The Morgan fingerprint density at radius 1 is 0.879 bits per heavy atom. The molecule has 5 aliphatic rings. The number of aliphatic hydroxyl groups is 1. The van der Waals surface area contributed by atoms with Gasteiger partial charge in [0.2, 0.25) is 0 Å². The van der Waals surface area contributed by atoms with Gasteiger partial charge in [0, 0.05) is 0 Å². The van der Waals surface area contributed by atoms with Gasteiger partial charge in [-0.05, 0) is 116 Å². The maximum Gasteiger partial charge on any atom is 0.312 e. The van der Waals surface area contributed by atoms with Crippen molar-refractivity contribution in [2.75, 3.05) is 0 Å². The zero-order valence-electron chi connectivity index (χ0n) is 22.3. The van der Waals surface area contributed by atoms with Crippen LogP contribution in [-0.4, -0.2) is 22.3 Å². The molecule has 3 heteroatoms. The molecule has 0 unspecified atom stereocenters. The molecule has 0 spiro atoms. The van der Waals surface area contributed by atoms with Gasteiger partial charge in [-0.25, -0.2) is 0 Å². The molecule has 0 saturated heterocycles. The van der Waals surface area contributed by atoms with E-state index in [2.05, 4.69) is 47.6 Å². The van der Waals surface area contributed by atoms with Crippen LogP contribution in [0.5, 0.6) is 0 Å². The first kappa shape index (κ1) is 23.9. The minimum absolute atomic E-state index is 0.0308. The van der Waals surface area contributed by atoms with Crippen molar-refractivity contribution in [1.82, 2.24) is 0 Å². The number of aliphatic hydroxyl groups excluding tert-OH is 1. The van der Waals surface area contributed by atoms with Gasteiger partial charge in [0.05, 0.1) is 11.5 Å². The van der Waals surface area contributed by atoms with Crippen LogP contribution in [0.15, 0.2) is 11.6 Å². The minimum Gasteiger partial charge on any atom is -0.481 e. The van der Waals surface area contributed by atoms with E-state index in [1.165, 1.54) is 32.1 Å². The number of carbonyl (C=O) groups is 1. The van der Waals surface area contributed by atoms with E-state index in [4.69, 9.17) is 0 Å². The summed E-state index contributed by atoms with van der Waals surface area (Å²) >= 11 is 0. The van der Waals surface area contributed by atoms with E-state index >= 15 is 0 Å². The molecule has 0 aliphatic heterocycles. The average molecular weight is 457 g/mol. The Hall–Kier alpha value is -0.830. The molecule has 0 aromatic heterocycles. The van der Waals surface area contributed by atoms with Crippen molar-refractivity contribution in [2.45, 2.75) is 119 Å². The largest absolute Gasteiger partial charge is 0.481 e. The lowest BCUT2D eigenvalue weighted by Crippen LogP contribution is -2.66. The van der Waals surface area contributed by atoms with Crippen molar-refractivity contribution in [2.24, 2.45) is 50.2 Å². The van der Waals surface area contributed by atoms with Crippen molar-refractivity contribution in [3.8, 4) is 0 Å². The Labute approximate surface area is 201 Å². The summed E-state index contributed by atoms with van der Waals surface area (Å²) in [5.41, 5.74) is 1.98. The van der Waals surface area contributed by atoms with Crippen LogP contribution in [0, 0.1) is 50.2 Å². The van der Waals surface area contributed by atoms with Crippen LogP contribution in [0.2, 0.25) is 0 Å². The lowest BCUT2D eigenvalue weighted by atomic mass is 9.33. The molecule has 3 nitrogen and oxygen atoms in total. The summed E-state index contributed by atoms with van der Waals surface area (Å²) in [6, 6.07) is 0. The Morgan fingerprint density at radius 3 is 2.21 bits per heavy atom. The van der Waals surface area contributed by atoms with E-state index < -0.39 is 17.5 Å². The number of fused-ring (bicyclic) bond motifs is 7. The molecule has 0 amide bonds. The fraction of sp³-hybridized carbons (Fsp3) is 0.900. The van der Waals surface area contributed by atoms with Gasteiger partial charge in [-0.1, -0.05) is 53.2 Å². The second kappa shape index (κ2) is 6.89. The van der Waals surface area contributed by atoms with Crippen LogP contribution < -0.4 is 0 Å². The molecule has 186 valence electrons. The number of carboxylic acids is 1. The fourth-order valence-corrected chi connectivity index (χ4v) is 10.5. The zero-order chi connectivity index (χ0) is 24.2. The van der Waals surface area contributed by atoms with Gasteiger partial charge in [-0.3, -0.25) is 4.79 Å². The standard InChI is InChI=1S/C30H48O3/c1-25(2)14-15-26(3)16-17-28(5)19(20(26)18-25)8-9-21-27(4)12-11-23(31)30(7,24(32)33)22(27)10-13-29(21,28)6/h8,20-23,31H,9-18H2,1-7H3,(H,32,33)/t20-,21+,22+,23-,26+,27+,28+,29+,30+/m0/s1. The fourth-order valence-electron chi connectivity index (χ4n) is 10.5. The first-order valence-electron chi connectivity index (χ1n) is 13.8. The molecule has 0 bridgehead atoms. The first-order chi connectivity index (χ1) is 15.1. The van der Waals surface area contributed by atoms with E-state index in [-0.39, 0.29) is 22.2 Å². The summed E-state index contributed by atoms with van der Waals surface area (Å²) < 4.78 is 0. The second-order valence-electron chi connectivity index (χ2n) is 15.0. The SMILES string of the molecule is CC1(C)CC[C@]2(C)CC[C@]3(C)C(=CC[C@@H]4[C@@]5(C)CC[C@H](O)[C@](C)(C(=O)O)[C@@H]5CC[C@]43C)[C@@H]2C1. The molecule has 0 aromatic carbocycles. The van der Waals surface area contributed by atoms with Gasteiger partial charge in [0.15, 0.2) is 0 Å². The van der Waals surface area contributed by atoms with Crippen LogP contribution >= 0.6 is 0 Å². The van der Waals surface area contributed by atoms with Crippen LogP contribution in [0.1, 0.15) is 113 Å². The van der Waals surface area contributed by atoms with E-state index in [9.17, 15) is 15.0 Å². The monoisotopic (exact) mass is 456 g/mol. The molecule has 33 heavy (non-hydrogen) atoms. The summed E-state index contributed by atoms with van der Waals surface area (Å²) in [5, 5.41) is 21.1. The molecule has 5 rings (SSSR count). The van der Waals surface area contributed by atoms with Gasteiger partial charge < -0.3 is 10.2 Å². The predicted molar refractivity (Wildman–Crippen MR) is 133 cm³/mol.